The minimum atomic E-state index is 1.14. The summed E-state index contributed by atoms with van der Waals surface area (Å²) in [5.41, 5.74) is 0. The van der Waals surface area contributed by atoms with Gasteiger partial charge in [-0.05, 0) is 12.3 Å². The first-order valence-corrected chi connectivity index (χ1v) is 5.62. The summed E-state index contributed by atoms with van der Waals surface area (Å²) in [6, 6.07) is 4.26. The number of hydrogen-bond acceptors (Lipinski definition) is 1. The van der Waals surface area contributed by atoms with E-state index in [1.54, 1.807) is 11.8 Å². The van der Waals surface area contributed by atoms with Gasteiger partial charge in [0.2, 0.25) is 0 Å². The number of aryl methyl sites for hydroxylation is 1. The molecule has 0 radical (unpaired) electrons. The van der Waals surface area contributed by atoms with E-state index in [0.717, 1.165) is 6.54 Å². The minimum Gasteiger partial charge on any atom is -0.204 e. The van der Waals surface area contributed by atoms with Crippen LogP contribution in [0.4, 0.5) is 0 Å². The van der Waals surface area contributed by atoms with Crippen molar-refractivity contribution in [3.63, 3.8) is 0 Å². The second kappa shape index (κ2) is 5.20. The van der Waals surface area contributed by atoms with Crippen molar-refractivity contribution in [1.29, 1.82) is 0 Å². The van der Waals surface area contributed by atoms with Crippen LogP contribution in [0.5, 0.6) is 0 Å². The number of thioether (sulfide) groups is 1. The highest BCUT2D eigenvalue weighted by Gasteiger charge is 1.99. The molecule has 66 valence electrons. The Kier molecular flexibility index (Phi) is 4.15. The molecule has 1 rings (SSSR count). The molecule has 0 bridgehead atoms. The van der Waals surface area contributed by atoms with Crippen LogP contribution in [0, 0.1) is 0 Å². The Morgan fingerprint density at radius 2 is 2.33 bits per heavy atom. The van der Waals surface area contributed by atoms with Gasteiger partial charge in [-0.2, -0.15) is 0 Å². The van der Waals surface area contributed by atoms with E-state index in [1.165, 1.54) is 17.7 Å². The molecule has 0 N–H and O–H groups in total. The van der Waals surface area contributed by atoms with Crippen molar-refractivity contribution in [3.8, 4) is 0 Å². The first kappa shape index (κ1) is 9.59. The Balaban J connectivity index is 2.60. The zero-order chi connectivity index (χ0) is 8.81. The van der Waals surface area contributed by atoms with E-state index in [1.807, 2.05) is 0 Å². The first-order chi connectivity index (χ1) is 5.86. The number of unbranched alkanes of at least 4 members (excludes halogenated alkanes) is 1. The molecule has 0 spiro atoms. The molecule has 2 heteroatoms. The molecule has 0 aliphatic rings. The van der Waals surface area contributed by atoms with Gasteiger partial charge in [0.15, 0.2) is 12.4 Å². The van der Waals surface area contributed by atoms with Crippen LogP contribution >= 0.6 is 11.8 Å². The summed E-state index contributed by atoms with van der Waals surface area (Å²) in [5, 5.41) is 0. The summed E-state index contributed by atoms with van der Waals surface area (Å²) in [6.45, 7) is 3.36. The molecule has 1 aromatic heterocycles. The fourth-order valence-corrected chi connectivity index (χ4v) is 1.55. The van der Waals surface area contributed by atoms with Gasteiger partial charge in [0.05, 0.1) is 4.90 Å². The summed E-state index contributed by atoms with van der Waals surface area (Å²) in [6.07, 6.45) is 8.98. The maximum Gasteiger partial charge on any atom is 0.182 e. The van der Waals surface area contributed by atoms with Crippen molar-refractivity contribution in [1.82, 2.24) is 0 Å². The maximum absolute atomic E-state index is 2.26. The van der Waals surface area contributed by atoms with Crippen LogP contribution in [0.2, 0.25) is 0 Å². The lowest BCUT2D eigenvalue weighted by Gasteiger charge is -1.96. The van der Waals surface area contributed by atoms with Gasteiger partial charge in [-0.25, -0.2) is 4.57 Å². The van der Waals surface area contributed by atoms with Crippen molar-refractivity contribution < 1.29 is 4.57 Å². The van der Waals surface area contributed by atoms with E-state index in [-0.39, 0.29) is 0 Å². The number of hydrogen-bond donors (Lipinski definition) is 0. The van der Waals surface area contributed by atoms with Gasteiger partial charge in [0, 0.05) is 12.5 Å². The van der Waals surface area contributed by atoms with Gasteiger partial charge in [-0.1, -0.05) is 13.3 Å². The van der Waals surface area contributed by atoms with E-state index in [4.69, 9.17) is 0 Å². The fraction of sp³-hybridized carbons (Fsp3) is 0.500. The lowest BCUT2D eigenvalue weighted by atomic mass is 10.3. The van der Waals surface area contributed by atoms with Gasteiger partial charge >= 0.3 is 0 Å². The first-order valence-electron chi connectivity index (χ1n) is 4.40. The summed E-state index contributed by atoms with van der Waals surface area (Å²) < 4.78 is 2.26. The highest BCUT2D eigenvalue weighted by molar-refractivity contribution is 7.98. The zero-order valence-corrected chi connectivity index (χ0v) is 8.60. The minimum absolute atomic E-state index is 1.14. The average molecular weight is 182 g/mol. The predicted molar refractivity (Wildman–Crippen MR) is 53.3 cm³/mol. The van der Waals surface area contributed by atoms with E-state index in [0.29, 0.717) is 0 Å². The van der Waals surface area contributed by atoms with Crippen LogP contribution in [0.15, 0.2) is 29.4 Å². The Morgan fingerprint density at radius 3 is 3.00 bits per heavy atom. The third-order valence-electron chi connectivity index (χ3n) is 1.84. The van der Waals surface area contributed by atoms with Gasteiger partial charge in [0.25, 0.3) is 0 Å². The summed E-state index contributed by atoms with van der Waals surface area (Å²) in [7, 11) is 0. The predicted octanol–water partition coefficient (Wildman–Crippen LogP) is 2.50. The van der Waals surface area contributed by atoms with Crippen molar-refractivity contribution in [3.05, 3.63) is 24.5 Å². The molecule has 0 saturated heterocycles. The van der Waals surface area contributed by atoms with E-state index in [2.05, 4.69) is 42.3 Å². The monoisotopic (exact) mass is 182 g/mol. The topological polar surface area (TPSA) is 3.88 Å². The standard InChI is InChI=1S/C10H16NS/c1-3-4-7-11-8-5-6-10(9-11)12-2/h5-6,8-9H,3-4,7H2,1-2H3/q+1. The Hall–Kier alpha value is -0.500. The molecular formula is C10H16NS+. The molecule has 0 fully saturated rings. The molecule has 0 amide bonds. The molecule has 1 heterocycles. The highest BCUT2D eigenvalue weighted by Crippen LogP contribution is 2.09. The summed E-state index contributed by atoms with van der Waals surface area (Å²) in [4.78, 5) is 1.34. The Morgan fingerprint density at radius 1 is 1.50 bits per heavy atom. The lowest BCUT2D eigenvalue weighted by molar-refractivity contribution is -0.699. The van der Waals surface area contributed by atoms with Crippen molar-refractivity contribution in [2.24, 2.45) is 0 Å². The van der Waals surface area contributed by atoms with Gasteiger partial charge in [0.1, 0.15) is 6.54 Å². The van der Waals surface area contributed by atoms with Gasteiger partial charge in [-0.15, -0.1) is 11.8 Å². The van der Waals surface area contributed by atoms with E-state index >= 15 is 0 Å². The van der Waals surface area contributed by atoms with E-state index in [9.17, 15) is 0 Å². The number of aromatic nitrogens is 1. The molecule has 1 nitrogen and oxygen atoms in total. The van der Waals surface area contributed by atoms with Crippen LogP contribution in [-0.2, 0) is 6.54 Å². The largest absolute Gasteiger partial charge is 0.204 e. The molecule has 0 saturated carbocycles. The third kappa shape index (κ3) is 2.86. The van der Waals surface area contributed by atoms with Crippen LogP contribution < -0.4 is 4.57 Å². The fourth-order valence-electron chi connectivity index (χ4n) is 1.10. The quantitative estimate of drug-likeness (QED) is 0.511. The highest BCUT2D eigenvalue weighted by atomic mass is 32.2. The Labute approximate surface area is 78.8 Å². The van der Waals surface area contributed by atoms with Crippen LogP contribution in [-0.4, -0.2) is 6.26 Å². The zero-order valence-electron chi connectivity index (χ0n) is 7.79. The average Bonchev–Trinajstić information content (AvgIpc) is 2.15. The molecule has 0 aromatic carbocycles. The molecule has 12 heavy (non-hydrogen) atoms. The molecular weight excluding hydrogens is 166 g/mol. The van der Waals surface area contributed by atoms with Crippen molar-refractivity contribution in [2.45, 2.75) is 31.2 Å². The van der Waals surface area contributed by atoms with Crippen LogP contribution in [0.25, 0.3) is 0 Å². The van der Waals surface area contributed by atoms with Crippen molar-refractivity contribution in [2.75, 3.05) is 6.26 Å². The number of nitrogens with zero attached hydrogens (tertiary/aromatic N) is 1. The second-order valence-corrected chi connectivity index (χ2v) is 3.71. The van der Waals surface area contributed by atoms with E-state index < -0.39 is 0 Å². The smallest absolute Gasteiger partial charge is 0.182 e. The van der Waals surface area contributed by atoms with Gasteiger partial charge in [-0.3, -0.25) is 0 Å². The second-order valence-electron chi connectivity index (χ2n) is 2.84. The van der Waals surface area contributed by atoms with Gasteiger partial charge < -0.3 is 0 Å². The van der Waals surface area contributed by atoms with Crippen LogP contribution in [0.3, 0.4) is 0 Å². The Bertz CT molecular complexity index is 235. The summed E-state index contributed by atoms with van der Waals surface area (Å²) >= 11 is 1.80. The maximum atomic E-state index is 2.26. The normalized spacial score (nSPS) is 10.2. The molecule has 0 aliphatic carbocycles. The molecule has 0 aliphatic heterocycles. The molecule has 1 aromatic rings. The number of pyridine rings is 1. The van der Waals surface area contributed by atoms with Crippen LogP contribution in [0.1, 0.15) is 19.8 Å². The molecule has 0 unspecified atom stereocenters. The third-order valence-corrected chi connectivity index (χ3v) is 2.55. The SMILES string of the molecule is CCCC[n+]1cccc(SC)c1. The van der Waals surface area contributed by atoms with Crippen molar-refractivity contribution >= 4 is 11.8 Å². The molecule has 0 atom stereocenters. The number of rotatable bonds is 4. The lowest BCUT2D eigenvalue weighted by Crippen LogP contribution is -2.32. The summed E-state index contributed by atoms with van der Waals surface area (Å²) in [5.74, 6) is 0.